The molecule has 0 atom stereocenters. The smallest absolute Gasteiger partial charge is 0.433 e. The Kier molecular flexibility index (Phi) is 23.9. The molecule has 13 rings (SSSR count). The number of halogens is 6. The van der Waals surface area contributed by atoms with E-state index >= 15 is 0 Å². The highest BCUT2D eigenvalue weighted by molar-refractivity contribution is 14.1. The summed E-state index contributed by atoms with van der Waals surface area (Å²) in [5.74, 6) is -0.646. The van der Waals surface area contributed by atoms with Crippen LogP contribution in [0.3, 0.4) is 0 Å². The summed E-state index contributed by atoms with van der Waals surface area (Å²) < 4.78 is 120. The zero-order valence-electron chi connectivity index (χ0n) is 52.9. The molecule has 2 amide bonds. The van der Waals surface area contributed by atoms with Crippen molar-refractivity contribution in [3.63, 3.8) is 0 Å². The number of carbonyl (C=O) groups is 3. The van der Waals surface area contributed by atoms with Gasteiger partial charge in [0.05, 0.1) is 50.5 Å². The SMILES string of the molecule is CCc1cccc(Cc2cnn(-c3nc4ccccc4s3)c(=O)c2CI)c1.COC(=O)c1ccc2oc(=O)c(S(=O)(=O)c3ccccc3)cc2c1.Cc1cc(NC(=O)CCS(=O)(=O)c2nc(-c3ccc4c(c3)OCO4)cc(C(F)(F)F)n2)no1.O=C(Nc1ccc(Cl)cn1)c1ccc(I)cc1. The Morgan fingerprint density at radius 2 is 1.50 bits per heavy atom. The number of benzene rings is 6. The zero-order valence-corrected chi connectivity index (χ0v) is 60.4. The van der Waals surface area contributed by atoms with Crippen molar-refractivity contribution in [2.75, 3.05) is 30.3 Å². The van der Waals surface area contributed by atoms with E-state index in [1.807, 2.05) is 42.6 Å². The average molecular weight is 1670 g/mol. The fraction of sp³-hybridized carbons (Fsp3) is 0.145. The number of fused-ring (bicyclic) bond motifs is 3. The highest BCUT2D eigenvalue weighted by atomic mass is 127. The molecule has 23 nitrogen and oxygen atoms in total. The highest BCUT2D eigenvalue weighted by Gasteiger charge is 2.36. The van der Waals surface area contributed by atoms with E-state index in [0.29, 0.717) is 48.9 Å². The number of alkyl halides is 4. The van der Waals surface area contributed by atoms with Crippen LogP contribution in [-0.2, 0) is 52.7 Å². The van der Waals surface area contributed by atoms with Gasteiger partial charge < -0.3 is 33.8 Å². The van der Waals surface area contributed by atoms with Crippen LogP contribution in [0.15, 0.2) is 216 Å². The van der Waals surface area contributed by atoms with Gasteiger partial charge in [-0.1, -0.05) is 112 Å². The van der Waals surface area contributed by atoms with Crippen molar-refractivity contribution in [1.82, 2.24) is 34.9 Å². The lowest BCUT2D eigenvalue weighted by Gasteiger charge is -2.11. The van der Waals surface area contributed by atoms with Crippen LogP contribution in [0.1, 0.15) is 67.8 Å². The Morgan fingerprint density at radius 3 is 2.19 bits per heavy atom. The number of carbonyl (C=O) groups excluding carboxylic acids is 3. The molecule has 32 heteroatoms. The zero-order chi connectivity index (χ0) is 72.2. The quantitative estimate of drug-likeness (QED) is 0.0298. The van der Waals surface area contributed by atoms with E-state index in [2.05, 4.69) is 122 Å². The Morgan fingerprint density at radius 1 is 0.762 bits per heavy atom. The van der Waals surface area contributed by atoms with Crippen molar-refractivity contribution >= 4 is 138 Å². The second kappa shape index (κ2) is 32.7. The standard InChI is InChI=1S/C21H18IN3OS.C19H15F3N4O6S.C17H12O6S.C12H8ClIN2O/c1-2-14-6-5-7-15(10-14)11-16-13-23-25(20(26)17(16)12-22)21-24-18-8-3-4-9-19(18)27-21;1-10-6-16(26-32-10)25-17(27)4-5-33(28,29)18-23-12(8-15(24-18)19(20,21)22)11-2-3-13-14(7-11)31-9-30-13;1-22-16(18)11-7-8-14-12(9-11)10-15(17(19)23-14)24(20,21)13-5-3-2-4-6-13;13-9-3-6-11(15-7-9)16-12(17)8-1-4-10(14)5-2-8/h3-10,13H,2,11-12H2,1H3;2-3,6-8H,4-5,9H2,1H3,(H,25,26,27);2-10H,1H3;1-7H,(H,15,16,17). The Labute approximate surface area is 609 Å². The van der Waals surface area contributed by atoms with E-state index in [0.717, 1.165) is 37.8 Å². The van der Waals surface area contributed by atoms with Gasteiger partial charge in [-0.05, 0) is 168 Å². The molecule has 0 unspecified atom stereocenters. The van der Waals surface area contributed by atoms with Crippen LogP contribution in [0.5, 0.6) is 11.5 Å². The molecule has 0 aliphatic carbocycles. The number of nitrogens with one attached hydrogen (secondary N) is 2. The summed E-state index contributed by atoms with van der Waals surface area (Å²) in [6.45, 7) is 3.69. The van der Waals surface area contributed by atoms with Crippen molar-refractivity contribution in [2.24, 2.45) is 0 Å². The normalized spacial score (nSPS) is 11.7. The minimum Gasteiger partial charge on any atom is -0.465 e. The predicted octanol–water partition coefficient (Wildman–Crippen LogP) is 13.9. The van der Waals surface area contributed by atoms with Gasteiger partial charge >= 0.3 is 17.8 Å². The molecule has 0 saturated carbocycles. The number of methoxy groups -OCH3 is 1. The van der Waals surface area contributed by atoms with Gasteiger partial charge in [-0.15, -0.1) is 0 Å². The van der Waals surface area contributed by atoms with Crippen LogP contribution < -0.4 is 31.3 Å². The van der Waals surface area contributed by atoms with E-state index in [9.17, 15) is 54.0 Å². The number of ether oxygens (including phenoxy) is 3. The molecule has 1 aliphatic rings. The van der Waals surface area contributed by atoms with Crippen LogP contribution in [0.2, 0.25) is 5.02 Å². The molecule has 6 aromatic heterocycles. The number of hydrogen-bond donors (Lipinski definition) is 2. The first-order chi connectivity index (χ1) is 48.3. The molecule has 2 N–H and O–H groups in total. The first kappa shape index (κ1) is 73.9. The van der Waals surface area contributed by atoms with Crippen LogP contribution in [-0.4, -0.2) is 89.1 Å². The van der Waals surface area contributed by atoms with Crippen molar-refractivity contribution in [3.05, 3.63) is 256 Å². The van der Waals surface area contributed by atoms with E-state index < -0.39 is 71.3 Å². The summed E-state index contributed by atoms with van der Waals surface area (Å²) in [6.07, 6.45) is -0.460. The summed E-state index contributed by atoms with van der Waals surface area (Å²) in [4.78, 5) is 75.7. The summed E-state index contributed by atoms with van der Waals surface area (Å²) in [7, 11) is -7.23. The van der Waals surface area contributed by atoms with Gasteiger partial charge in [0.2, 0.25) is 42.7 Å². The van der Waals surface area contributed by atoms with Crippen molar-refractivity contribution < 1.29 is 67.5 Å². The maximum Gasteiger partial charge on any atom is 0.433 e. The number of sulfone groups is 2. The van der Waals surface area contributed by atoms with Crippen molar-refractivity contribution in [1.29, 1.82) is 0 Å². The first-order valence-electron chi connectivity index (χ1n) is 29.9. The largest absolute Gasteiger partial charge is 0.465 e. The fourth-order valence-electron chi connectivity index (χ4n) is 9.45. The van der Waals surface area contributed by atoms with Crippen LogP contribution in [0, 0.1) is 10.5 Å². The van der Waals surface area contributed by atoms with E-state index in [1.54, 1.807) is 49.4 Å². The summed E-state index contributed by atoms with van der Waals surface area (Å²) in [6, 6.07) is 46.4. The maximum atomic E-state index is 13.4. The number of aromatic nitrogens is 7. The van der Waals surface area contributed by atoms with Gasteiger partial charge in [-0.25, -0.2) is 46.4 Å². The minimum atomic E-state index is -4.93. The van der Waals surface area contributed by atoms with Gasteiger partial charge in [-0.3, -0.25) is 14.4 Å². The van der Waals surface area contributed by atoms with Gasteiger partial charge in [0.25, 0.3) is 11.5 Å². The number of pyridine rings is 1. The second-order valence-electron chi connectivity index (χ2n) is 21.5. The fourth-order valence-corrected chi connectivity index (χ4v) is 14.1. The Balaban J connectivity index is 0.000000149. The monoisotopic (exact) mass is 1670 g/mol. The van der Waals surface area contributed by atoms with E-state index in [1.165, 1.54) is 101 Å². The Hall–Kier alpha value is -9.81. The summed E-state index contributed by atoms with van der Waals surface area (Å²) >= 11 is 11.6. The molecule has 0 radical (unpaired) electrons. The lowest BCUT2D eigenvalue weighted by atomic mass is 10.0. The number of thiazole rings is 1. The molecule has 0 saturated heterocycles. The molecule has 6 aromatic carbocycles. The molecule has 518 valence electrons. The second-order valence-corrected chi connectivity index (χ2v) is 28.9. The number of esters is 1. The molecule has 101 heavy (non-hydrogen) atoms. The number of rotatable bonds is 16. The number of amides is 2. The van der Waals surface area contributed by atoms with E-state index in [-0.39, 0.29) is 57.1 Å². The molecule has 1 aliphatic heterocycles. The topological polar surface area (TPSA) is 314 Å². The molecule has 7 heterocycles. The summed E-state index contributed by atoms with van der Waals surface area (Å²) in [5, 5.41) is 13.4. The molecule has 0 fully saturated rings. The third-order valence-corrected chi connectivity index (χ3v) is 20.5. The number of nitrogens with zero attached hydrogens (tertiary/aromatic N) is 7. The molecule has 12 aromatic rings. The molecule has 0 spiro atoms. The van der Waals surface area contributed by atoms with Gasteiger partial charge in [0.1, 0.15) is 22.9 Å². The number of anilines is 2. The van der Waals surface area contributed by atoms with E-state index in [4.69, 9.17) is 30.0 Å². The van der Waals surface area contributed by atoms with Gasteiger partial charge in [0.15, 0.2) is 22.2 Å². The van der Waals surface area contributed by atoms with Crippen LogP contribution in [0.25, 0.3) is 37.6 Å². The number of aryl methyl sites for hydroxylation is 2. The maximum absolute atomic E-state index is 13.4. The molecular formula is C69H53ClF3I2N9O14S3. The van der Waals surface area contributed by atoms with Crippen molar-refractivity contribution in [3.8, 4) is 27.9 Å². The lowest BCUT2D eigenvalue weighted by Crippen LogP contribution is -2.25. The lowest BCUT2D eigenvalue weighted by molar-refractivity contribution is -0.141. The number of hydrogen-bond acceptors (Lipinski definition) is 21. The third kappa shape index (κ3) is 18.8. The van der Waals surface area contributed by atoms with Crippen molar-refractivity contribution in [2.45, 2.75) is 58.7 Å². The van der Waals surface area contributed by atoms with Crippen LogP contribution in [0.4, 0.5) is 24.8 Å². The minimum absolute atomic E-state index is 0.0132. The van der Waals surface area contributed by atoms with Gasteiger partial charge in [-0.2, -0.15) is 23.0 Å². The molecular weight excluding hydrogens is 1620 g/mol. The van der Waals surface area contributed by atoms with Gasteiger partial charge in [0, 0.05) is 48.8 Å². The average Bonchev–Trinajstić information content (AvgIpc) is 1.24. The predicted molar refractivity (Wildman–Crippen MR) is 387 cm³/mol. The summed E-state index contributed by atoms with van der Waals surface area (Å²) in [5.41, 5.74) is 3.60. The first-order valence-corrected chi connectivity index (χ1v) is 36.8. The third-order valence-electron chi connectivity index (χ3n) is 14.5. The number of para-hydroxylation sites is 1. The highest BCUT2D eigenvalue weighted by Crippen LogP contribution is 2.38. The van der Waals surface area contributed by atoms with Crippen LogP contribution >= 0.6 is 68.1 Å². The Bertz CT molecular complexity index is 5390. The molecule has 0 bridgehead atoms.